The molecule has 2 heterocycles. The largest absolute Gasteiger partial charge is 0.387 e. The smallest absolute Gasteiger partial charge is 0.254 e. The van der Waals surface area contributed by atoms with Crippen molar-refractivity contribution in [2.75, 3.05) is 32.7 Å². The Balaban J connectivity index is 1.48. The third-order valence-electron chi connectivity index (χ3n) is 4.99. The maximum Gasteiger partial charge on any atom is 0.254 e. The Morgan fingerprint density at radius 3 is 2.33 bits per heavy atom. The van der Waals surface area contributed by atoms with Crippen LogP contribution in [0.15, 0.2) is 36.4 Å². The van der Waals surface area contributed by atoms with Gasteiger partial charge in [-0.3, -0.25) is 9.69 Å². The maximum atomic E-state index is 12.6. The van der Waals surface area contributed by atoms with Gasteiger partial charge in [-0.2, -0.15) is 0 Å². The van der Waals surface area contributed by atoms with E-state index < -0.39 is 36.6 Å². The standard InChI is InChI=1S/C19H26N2O6/c22-14-15(23)17(27-19(26)16(14)24)18(25)21-11-9-20(10-12-21)8-4-7-13-5-2-1-3-6-13/h1-7,14-17,19,22-24,26H,8-12H2/b7-4+/t14-,15-,16+,17-,19?/m0/s1. The first kappa shape index (κ1) is 19.9. The molecule has 1 amide bonds. The summed E-state index contributed by atoms with van der Waals surface area (Å²) in [5.41, 5.74) is 1.13. The number of nitrogens with zero attached hydrogens (tertiary/aromatic N) is 2. The summed E-state index contributed by atoms with van der Waals surface area (Å²) in [5.74, 6) is -0.494. The Bertz CT molecular complexity index is 647. The van der Waals surface area contributed by atoms with E-state index in [4.69, 9.17) is 4.74 Å². The van der Waals surface area contributed by atoms with Gasteiger partial charge in [-0.15, -0.1) is 0 Å². The fourth-order valence-electron chi connectivity index (χ4n) is 3.30. The van der Waals surface area contributed by atoms with Gasteiger partial charge in [0.15, 0.2) is 12.4 Å². The highest BCUT2D eigenvalue weighted by Crippen LogP contribution is 2.22. The van der Waals surface area contributed by atoms with E-state index in [2.05, 4.69) is 17.1 Å². The molecule has 2 aliphatic rings. The zero-order chi connectivity index (χ0) is 19.4. The minimum absolute atomic E-state index is 0.458. The van der Waals surface area contributed by atoms with Crippen LogP contribution in [-0.4, -0.2) is 99.6 Å². The monoisotopic (exact) mass is 378 g/mol. The minimum Gasteiger partial charge on any atom is -0.387 e. The average molecular weight is 378 g/mol. The predicted octanol–water partition coefficient (Wildman–Crippen LogP) is -1.36. The van der Waals surface area contributed by atoms with E-state index in [1.54, 1.807) is 4.90 Å². The number of benzene rings is 1. The first-order chi connectivity index (χ1) is 13.0. The summed E-state index contributed by atoms with van der Waals surface area (Å²) in [5, 5.41) is 38.8. The molecule has 0 spiro atoms. The van der Waals surface area contributed by atoms with Crippen LogP contribution in [0.2, 0.25) is 0 Å². The molecule has 2 saturated heterocycles. The second-order valence-corrected chi connectivity index (χ2v) is 6.86. The van der Waals surface area contributed by atoms with E-state index >= 15 is 0 Å². The highest BCUT2D eigenvalue weighted by atomic mass is 16.6. The third-order valence-corrected chi connectivity index (χ3v) is 4.99. The second kappa shape index (κ2) is 8.92. The lowest BCUT2D eigenvalue weighted by molar-refractivity contribution is -0.278. The van der Waals surface area contributed by atoms with Gasteiger partial charge in [-0.1, -0.05) is 42.5 Å². The van der Waals surface area contributed by atoms with Crippen molar-refractivity contribution in [1.29, 1.82) is 0 Å². The molecule has 1 aromatic carbocycles. The summed E-state index contributed by atoms with van der Waals surface area (Å²) in [6.45, 7) is 3.02. The molecule has 0 aliphatic carbocycles. The van der Waals surface area contributed by atoms with Gasteiger partial charge in [0.2, 0.25) is 0 Å². The van der Waals surface area contributed by atoms with Crippen LogP contribution in [0.4, 0.5) is 0 Å². The Kier molecular flexibility index (Phi) is 6.59. The fourth-order valence-corrected chi connectivity index (χ4v) is 3.30. The minimum atomic E-state index is -1.71. The van der Waals surface area contributed by atoms with Gasteiger partial charge in [0, 0.05) is 32.7 Å². The molecule has 2 aliphatic heterocycles. The van der Waals surface area contributed by atoms with Crippen molar-refractivity contribution in [1.82, 2.24) is 9.80 Å². The van der Waals surface area contributed by atoms with E-state index in [-0.39, 0.29) is 0 Å². The van der Waals surface area contributed by atoms with Crippen LogP contribution in [-0.2, 0) is 9.53 Å². The summed E-state index contributed by atoms with van der Waals surface area (Å²) in [6.07, 6.45) is -3.82. The fraction of sp³-hybridized carbons (Fsp3) is 0.526. The molecule has 8 nitrogen and oxygen atoms in total. The van der Waals surface area contributed by atoms with E-state index in [0.717, 1.165) is 12.1 Å². The molecule has 2 fully saturated rings. The van der Waals surface area contributed by atoms with Crippen LogP contribution in [0.5, 0.6) is 0 Å². The molecule has 0 bridgehead atoms. The van der Waals surface area contributed by atoms with Gasteiger partial charge in [-0.25, -0.2) is 0 Å². The number of hydrogen-bond donors (Lipinski definition) is 4. The molecule has 0 saturated carbocycles. The number of rotatable bonds is 4. The normalized spacial score (nSPS) is 32.7. The average Bonchev–Trinajstić information content (AvgIpc) is 2.70. The molecular formula is C19H26N2O6. The highest BCUT2D eigenvalue weighted by molar-refractivity contribution is 5.82. The highest BCUT2D eigenvalue weighted by Gasteiger charge is 2.47. The molecule has 8 heteroatoms. The second-order valence-electron chi connectivity index (χ2n) is 6.86. The molecule has 1 unspecified atom stereocenters. The van der Waals surface area contributed by atoms with Crippen LogP contribution in [0.25, 0.3) is 6.08 Å². The van der Waals surface area contributed by atoms with Gasteiger partial charge < -0.3 is 30.1 Å². The molecule has 3 rings (SSSR count). The Hall–Kier alpha value is -1.81. The van der Waals surface area contributed by atoms with E-state index in [1.807, 2.05) is 30.3 Å². The lowest BCUT2D eigenvalue weighted by Gasteiger charge is -2.41. The van der Waals surface area contributed by atoms with Crippen molar-refractivity contribution in [3.63, 3.8) is 0 Å². The third kappa shape index (κ3) is 4.73. The number of aliphatic hydroxyl groups excluding tert-OH is 4. The van der Waals surface area contributed by atoms with E-state index in [1.165, 1.54) is 0 Å². The molecule has 0 aromatic heterocycles. The SMILES string of the molecule is O=C([C@H]1OC(O)[C@H](O)[C@@H](O)[C@@H]1O)N1CCN(C/C=C/c2ccccc2)CC1. The van der Waals surface area contributed by atoms with Crippen molar-refractivity contribution in [2.24, 2.45) is 0 Å². The Morgan fingerprint density at radius 1 is 1.00 bits per heavy atom. The summed E-state index contributed by atoms with van der Waals surface area (Å²) >= 11 is 0. The summed E-state index contributed by atoms with van der Waals surface area (Å²) in [6, 6.07) is 10.0. The van der Waals surface area contributed by atoms with Crippen LogP contribution in [0, 0.1) is 0 Å². The molecule has 0 radical (unpaired) electrons. The molecule has 148 valence electrons. The van der Waals surface area contributed by atoms with Gasteiger partial charge in [0.1, 0.15) is 18.3 Å². The number of carbonyl (C=O) groups is 1. The molecule has 4 N–H and O–H groups in total. The van der Waals surface area contributed by atoms with Crippen molar-refractivity contribution < 1.29 is 30.0 Å². The van der Waals surface area contributed by atoms with Gasteiger partial charge in [0.05, 0.1) is 0 Å². The topological polar surface area (TPSA) is 114 Å². The molecule has 1 aromatic rings. The number of carbonyl (C=O) groups excluding carboxylic acids is 1. The number of ether oxygens (including phenoxy) is 1. The van der Waals surface area contributed by atoms with Crippen molar-refractivity contribution in [3.05, 3.63) is 42.0 Å². The maximum absolute atomic E-state index is 12.6. The van der Waals surface area contributed by atoms with Crippen LogP contribution >= 0.6 is 0 Å². The van der Waals surface area contributed by atoms with Crippen LogP contribution < -0.4 is 0 Å². The van der Waals surface area contributed by atoms with Crippen LogP contribution in [0.3, 0.4) is 0 Å². The summed E-state index contributed by atoms with van der Waals surface area (Å²) in [7, 11) is 0. The number of piperazine rings is 1. The molecule has 27 heavy (non-hydrogen) atoms. The number of hydrogen-bond acceptors (Lipinski definition) is 7. The van der Waals surface area contributed by atoms with Gasteiger partial charge in [0.25, 0.3) is 5.91 Å². The summed E-state index contributed by atoms with van der Waals surface area (Å²) in [4.78, 5) is 16.3. The van der Waals surface area contributed by atoms with Crippen molar-refractivity contribution >= 4 is 12.0 Å². The van der Waals surface area contributed by atoms with E-state index in [0.29, 0.717) is 26.2 Å². The lowest BCUT2D eigenvalue weighted by atomic mass is 9.98. The first-order valence-electron chi connectivity index (χ1n) is 9.08. The van der Waals surface area contributed by atoms with Gasteiger partial charge in [-0.05, 0) is 5.56 Å². The lowest BCUT2D eigenvalue weighted by Crippen LogP contribution is -2.63. The number of amides is 1. The quantitative estimate of drug-likeness (QED) is 0.512. The molecular weight excluding hydrogens is 352 g/mol. The number of aliphatic hydroxyl groups is 4. The van der Waals surface area contributed by atoms with E-state index in [9.17, 15) is 25.2 Å². The Labute approximate surface area is 157 Å². The predicted molar refractivity (Wildman–Crippen MR) is 97.4 cm³/mol. The molecule has 5 atom stereocenters. The van der Waals surface area contributed by atoms with Crippen molar-refractivity contribution in [3.8, 4) is 0 Å². The Morgan fingerprint density at radius 2 is 1.67 bits per heavy atom. The van der Waals surface area contributed by atoms with Crippen molar-refractivity contribution in [2.45, 2.75) is 30.7 Å². The zero-order valence-electron chi connectivity index (χ0n) is 15.0. The first-order valence-corrected chi connectivity index (χ1v) is 9.08. The summed E-state index contributed by atoms with van der Waals surface area (Å²) < 4.78 is 5.02. The van der Waals surface area contributed by atoms with Gasteiger partial charge >= 0.3 is 0 Å². The zero-order valence-corrected chi connectivity index (χ0v) is 15.0. The van der Waals surface area contributed by atoms with Crippen LogP contribution in [0.1, 0.15) is 5.56 Å².